The van der Waals surface area contributed by atoms with Crippen LogP contribution in [0.5, 0.6) is 0 Å². The third-order valence-electron chi connectivity index (χ3n) is 13.6. The molecule has 440 valence electrons. The molecule has 6 heterocycles. The zero-order valence-electron chi connectivity index (χ0n) is 40.9. The Morgan fingerprint density at radius 3 is 1.22 bits per heavy atom. The number of carbonyl (C=O) groups is 3. The molecule has 0 aliphatic carbocycles. The van der Waals surface area contributed by atoms with E-state index >= 15 is 0 Å². The Morgan fingerprint density at radius 2 is 0.697 bits per heavy atom. The summed E-state index contributed by atoms with van der Waals surface area (Å²) in [4.78, 5) is 36.4. The molecule has 0 aromatic rings. The average molecular weight is 1110 g/mol. The molecule has 3 amide bonds. The number of nitrogens with one attached hydrogen (secondary N) is 3. The lowest BCUT2D eigenvalue weighted by atomic mass is 9.94. The van der Waals surface area contributed by atoms with Gasteiger partial charge in [0.15, 0.2) is 37.7 Å². The van der Waals surface area contributed by atoms with Crippen LogP contribution in [-0.4, -0.2) is 328 Å². The molecule has 34 nitrogen and oxygen atoms in total. The number of rotatable bonds is 19. The van der Waals surface area contributed by atoms with Crippen molar-refractivity contribution in [3.05, 3.63) is 0 Å². The number of aliphatic hydroxyl groups excluding tert-OH is 17. The Morgan fingerprint density at radius 1 is 0.342 bits per heavy atom. The van der Waals surface area contributed by atoms with Gasteiger partial charge in [-0.25, -0.2) is 0 Å². The van der Waals surface area contributed by atoms with E-state index < -0.39 is 241 Å². The summed E-state index contributed by atoms with van der Waals surface area (Å²) in [6.45, 7) is -2.25. The van der Waals surface area contributed by atoms with Crippen LogP contribution in [0.25, 0.3) is 0 Å². The van der Waals surface area contributed by atoms with E-state index in [1.807, 2.05) is 0 Å². The van der Waals surface area contributed by atoms with Crippen LogP contribution in [0.15, 0.2) is 0 Å². The molecule has 0 unspecified atom stereocenters. The molecule has 34 heteroatoms. The maximum Gasteiger partial charge on any atom is 0.217 e. The number of carbonyl (C=O) groups excluding carboxylic acids is 3. The molecule has 0 aromatic carbocycles. The lowest BCUT2D eigenvalue weighted by molar-refractivity contribution is -0.391. The van der Waals surface area contributed by atoms with Crippen molar-refractivity contribution in [1.82, 2.24) is 16.0 Å². The normalized spacial score (nSPS) is 48.2. The van der Waals surface area contributed by atoms with Gasteiger partial charge in [0.2, 0.25) is 17.7 Å². The van der Waals surface area contributed by atoms with Crippen LogP contribution >= 0.6 is 0 Å². The molecule has 6 aliphatic rings. The number of aliphatic hydroxyl groups is 17. The summed E-state index contributed by atoms with van der Waals surface area (Å²) >= 11 is 0. The first kappa shape index (κ1) is 62.5. The van der Waals surface area contributed by atoms with Crippen LogP contribution in [0.4, 0.5) is 0 Å². The third kappa shape index (κ3) is 13.9. The van der Waals surface area contributed by atoms with E-state index in [4.69, 9.17) is 52.1 Å². The summed E-state index contributed by atoms with van der Waals surface area (Å²) in [7, 11) is 0. The van der Waals surface area contributed by atoms with Crippen LogP contribution in [-0.2, 0) is 66.5 Å². The van der Waals surface area contributed by atoms with Crippen LogP contribution in [0, 0.1) is 0 Å². The molecule has 6 saturated heterocycles. The van der Waals surface area contributed by atoms with Gasteiger partial charge in [-0.2, -0.15) is 0 Å². The molecular weight excluding hydrogens is 1040 g/mol. The molecule has 76 heavy (non-hydrogen) atoms. The molecule has 0 radical (unpaired) electrons. The molecular formula is C42H71N3O31. The van der Waals surface area contributed by atoms with Crippen LogP contribution < -0.4 is 16.0 Å². The van der Waals surface area contributed by atoms with Crippen molar-refractivity contribution in [2.45, 2.75) is 205 Å². The highest BCUT2D eigenvalue weighted by Gasteiger charge is 2.57. The monoisotopic (exact) mass is 1110 g/mol. The highest BCUT2D eigenvalue weighted by atomic mass is 16.8. The first-order chi connectivity index (χ1) is 35.9. The Labute approximate surface area is 431 Å². The minimum atomic E-state index is -2.25. The smallest absolute Gasteiger partial charge is 0.217 e. The van der Waals surface area contributed by atoms with Crippen molar-refractivity contribution in [2.75, 3.05) is 39.6 Å². The van der Waals surface area contributed by atoms with E-state index in [-0.39, 0.29) is 0 Å². The van der Waals surface area contributed by atoms with Gasteiger partial charge in [-0.1, -0.05) is 0 Å². The van der Waals surface area contributed by atoms with Gasteiger partial charge in [-0.15, -0.1) is 0 Å². The molecule has 30 atom stereocenters. The molecule has 0 saturated carbocycles. The topological polar surface area (TPSA) is 533 Å². The second kappa shape index (κ2) is 27.2. The average Bonchev–Trinajstić information content (AvgIpc) is 3.37. The van der Waals surface area contributed by atoms with Crippen molar-refractivity contribution in [3.63, 3.8) is 0 Å². The number of hydrogen-bond acceptors (Lipinski definition) is 31. The highest BCUT2D eigenvalue weighted by Crippen LogP contribution is 2.36. The summed E-state index contributed by atoms with van der Waals surface area (Å²) in [6, 6.07) is -4.75. The van der Waals surface area contributed by atoms with E-state index in [1.54, 1.807) is 0 Å². The van der Waals surface area contributed by atoms with E-state index in [2.05, 4.69) is 16.0 Å². The minimum Gasteiger partial charge on any atom is -0.394 e. The van der Waals surface area contributed by atoms with Gasteiger partial charge >= 0.3 is 0 Å². The van der Waals surface area contributed by atoms with Gasteiger partial charge in [0, 0.05) is 20.8 Å². The quantitative estimate of drug-likeness (QED) is 0.0571. The Balaban J connectivity index is 1.24. The van der Waals surface area contributed by atoms with Gasteiger partial charge in [0.25, 0.3) is 0 Å². The van der Waals surface area contributed by atoms with Gasteiger partial charge in [0.1, 0.15) is 146 Å². The highest BCUT2D eigenvalue weighted by molar-refractivity contribution is 5.74. The predicted octanol–water partition coefficient (Wildman–Crippen LogP) is -13.7. The Kier molecular flexibility index (Phi) is 22.3. The summed E-state index contributed by atoms with van der Waals surface area (Å²) in [5.74, 6) is -2.25. The van der Waals surface area contributed by atoms with E-state index in [1.165, 1.54) is 0 Å². The SMILES string of the molecule is CC(=O)N[C@H]1[C@@H](O[C@H]2[C@H](O)[C@H](NC(C)=O)[C@H](O)O[C@@H]2CO)O[C@H](CO)[C@@H](O[C@H]2O[C@H](CO[C@@H]3O[C@H](CO[C@H]4O[C@H](CO)[C@@H](O)[C@H](O)[C@H]4NC(C)=O)[C@@H](O)[C@H](O)[C@@H]3O)[C@@H](O)[C@H](O)[C@@H]2O[C@H]2O[C@H](CO)[C@@H](O)[C@H](O)[C@@H]2O)[C@@H]1O. The minimum absolute atomic E-state index is 0.690. The lowest BCUT2D eigenvalue weighted by Gasteiger charge is -2.50. The fraction of sp³-hybridized carbons (Fsp3) is 0.929. The fourth-order valence-electron chi connectivity index (χ4n) is 9.51. The zero-order chi connectivity index (χ0) is 56.2. The molecule has 0 aromatic heterocycles. The van der Waals surface area contributed by atoms with Crippen LogP contribution in [0.2, 0.25) is 0 Å². The maximum atomic E-state index is 12.6. The summed E-state index contributed by atoms with van der Waals surface area (Å²) < 4.78 is 63.2. The fourth-order valence-corrected chi connectivity index (χ4v) is 9.51. The Bertz CT molecular complexity index is 1870. The van der Waals surface area contributed by atoms with Gasteiger partial charge < -0.3 is 155 Å². The number of ether oxygens (including phenoxy) is 11. The van der Waals surface area contributed by atoms with E-state index in [0.29, 0.717) is 0 Å². The maximum absolute atomic E-state index is 12.6. The second-order valence-electron chi connectivity index (χ2n) is 19.0. The van der Waals surface area contributed by atoms with Crippen molar-refractivity contribution in [3.8, 4) is 0 Å². The van der Waals surface area contributed by atoms with E-state index in [9.17, 15) is 101 Å². The van der Waals surface area contributed by atoms with Gasteiger partial charge in [0.05, 0.1) is 39.6 Å². The third-order valence-corrected chi connectivity index (χ3v) is 13.6. The molecule has 6 aliphatic heterocycles. The second-order valence-corrected chi connectivity index (χ2v) is 19.0. The summed E-state index contributed by atoms with van der Waals surface area (Å²) in [6.07, 6.45) is -50.9. The number of hydrogen-bond donors (Lipinski definition) is 20. The molecule has 0 bridgehead atoms. The largest absolute Gasteiger partial charge is 0.394 e. The first-order valence-corrected chi connectivity index (χ1v) is 24.1. The van der Waals surface area contributed by atoms with E-state index in [0.717, 1.165) is 20.8 Å². The van der Waals surface area contributed by atoms with Crippen LogP contribution in [0.1, 0.15) is 20.8 Å². The molecule has 6 fully saturated rings. The lowest BCUT2D eigenvalue weighted by Crippen LogP contribution is -2.70. The summed E-state index contributed by atoms with van der Waals surface area (Å²) in [5.41, 5.74) is 0. The van der Waals surface area contributed by atoms with Crippen LogP contribution in [0.3, 0.4) is 0 Å². The van der Waals surface area contributed by atoms with Crippen molar-refractivity contribution in [1.29, 1.82) is 0 Å². The molecule has 6 rings (SSSR count). The predicted molar refractivity (Wildman–Crippen MR) is 234 cm³/mol. The number of amides is 3. The Hall–Kier alpha value is -2.71. The molecule has 20 N–H and O–H groups in total. The zero-order valence-corrected chi connectivity index (χ0v) is 40.9. The van der Waals surface area contributed by atoms with Gasteiger partial charge in [-0.05, 0) is 0 Å². The van der Waals surface area contributed by atoms with Crippen molar-refractivity contribution >= 4 is 17.7 Å². The first-order valence-electron chi connectivity index (χ1n) is 24.1. The standard InChI is InChI=1S/C42H71N3O31/c1-10(50)43-19-27(58)34(15(6-48)68-37(19)65)74-39-21(45-12(3)52)28(59)35(16(7-49)71-39)75-42-36(76-41-33(64)29(60)23(54)14(5-47)70-41)31(62)25(56)18(73-42)9-67-40-32(63)30(61)24(55)17(72-40)8-66-38-20(44-11(2)51)26(57)22(53)13(4-46)69-38/h13-42,46-49,53-65H,4-9H2,1-3H3,(H,43,50)(H,44,51)(H,45,52)/t13-,14-,15-,16-,17-,18-,19+,20-,21-,22-,23-,24-,25-,26-,27-,28-,29+,30+,31+,32+,33+,34-,35-,36+,37-,38+,39-,40-,41-,42-/m1/s1. The van der Waals surface area contributed by atoms with Crippen molar-refractivity contribution in [2.24, 2.45) is 0 Å². The summed E-state index contributed by atoms with van der Waals surface area (Å²) in [5, 5.41) is 190. The molecule has 0 spiro atoms. The van der Waals surface area contributed by atoms with Gasteiger partial charge in [-0.3, -0.25) is 14.4 Å². The van der Waals surface area contributed by atoms with Crippen molar-refractivity contribution < 1.29 is 153 Å².